The van der Waals surface area contributed by atoms with Crippen LogP contribution in [0.25, 0.3) is 0 Å². The third kappa shape index (κ3) is 8.89. The first-order valence-corrected chi connectivity index (χ1v) is 16.7. The van der Waals surface area contributed by atoms with Crippen molar-refractivity contribution in [2.24, 2.45) is 0 Å². The largest absolute Gasteiger partial charge is 0.444 e. The summed E-state index contributed by atoms with van der Waals surface area (Å²) in [5.41, 5.74) is 0.458. The van der Waals surface area contributed by atoms with Crippen molar-refractivity contribution < 1.29 is 17.6 Å². The number of sulfonamides is 1. The van der Waals surface area contributed by atoms with Gasteiger partial charge in [0.15, 0.2) is 5.13 Å². The van der Waals surface area contributed by atoms with Crippen molar-refractivity contribution in [3.05, 3.63) is 60.5 Å². The van der Waals surface area contributed by atoms with Gasteiger partial charge < -0.3 is 20.0 Å². The van der Waals surface area contributed by atoms with E-state index in [9.17, 15) is 13.2 Å². The molecule has 0 bridgehead atoms. The van der Waals surface area contributed by atoms with Crippen LogP contribution >= 0.6 is 23.1 Å². The molecule has 4 rings (SSSR count). The highest BCUT2D eigenvalue weighted by Crippen LogP contribution is 2.33. The van der Waals surface area contributed by atoms with Crippen molar-refractivity contribution in [1.29, 1.82) is 0 Å². The Labute approximate surface area is 250 Å². The van der Waals surface area contributed by atoms with E-state index in [1.165, 1.54) is 33.9 Å². The highest BCUT2D eigenvalue weighted by Gasteiger charge is 2.30. The smallest absolute Gasteiger partial charge is 0.248 e. The molecular formula is C28H38N6O4S3. The molecule has 0 radical (unpaired) electrons. The molecule has 3 aromatic rings. The van der Waals surface area contributed by atoms with Gasteiger partial charge in [0.1, 0.15) is 5.76 Å². The summed E-state index contributed by atoms with van der Waals surface area (Å²) in [6, 6.07) is 6.25. The summed E-state index contributed by atoms with van der Waals surface area (Å²) >= 11 is 3.15. The Kier molecular flexibility index (Phi) is 10.3. The molecule has 13 heteroatoms. The van der Waals surface area contributed by atoms with Crippen LogP contribution in [0.3, 0.4) is 0 Å². The van der Waals surface area contributed by atoms with Gasteiger partial charge in [0.25, 0.3) is 0 Å². The van der Waals surface area contributed by atoms with E-state index in [4.69, 9.17) is 4.42 Å². The van der Waals surface area contributed by atoms with Crippen LogP contribution < -0.4 is 10.6 Å². The number of rotatable bonds is 11. The second-order valence-electron chi connectivity index (χ2n) is 11.2. The molecule has 222 valence electrons. The number of aromatic nitrogens is 2. The molecule has 0 unspecified atom stereocenters. The van der Waals surface area contributed by atoms with E-state index in [1.807, 2.05) is 25.2 Å². The molecular weight excluding hydrogens is 581 g/mol. The van der Waals surface area contributed by atoms with Gasteiger partial charge in [-0.25, -0.2) is 18.4 Å². The zero-order chi connectivity index (χ0) is 29.6. The third-order valence-electron chi connectivity index (χ3n) is 6.33. The number of thioether (sulfide) groups is 1. The monoisotopic (exact) mass is 618 g/mol. The first-order chi connectivity index (χ1) is 19.4. The van der Waals surface area contributed by atoms with E-state index >= 15 is 0 Å². The topological polar surface area (TPSA) is 121 Å². The molecule has 0 aliphatic carbocycles. The summed E-state index contributed by atoms with van der Waals surface area (Å²) < 4.78 is 35.2. The first-order valence-electron chi connectivity index (χ1n) is 13.4. The van der Waals surface area contributed by atoms with E-state index < -0.39 is 10.0 Å². The van der Waals surface area contributed by atoms with Gasteiger partial charge >= 0.3 is 0 Å². The Morgan fingerprint density at radius 1 is 1.22 bits per heavy atom. The molecule has 1 amide bonds. The predicted molar refractivity (Wildman–Crippen MR) is 165 cm³/mol. The van der Waals surface area contributed by atoms with Gasteiger partial charge in [-0.15, -0.1) is 11.8 Å². The molecule has 3 heterocycles. The molecule has 1 fully saturated rings. The van der Waals surface area contributed by atoms with Crippen molar-refractivity contribution in [3.8, 4) is 0 Å². The molecule has 0 spiro atoms. The number of oxazole rings is 1. The van der Waals surface area contributed by atoms with Gasteiger partial charge in [-0.05, 0) is 51.2 Å². The third-order valence-corrected chi connectivity index (χ3v) is 10.3. The van der Waals surface area contributed by atoms with E-state index in [-0.39, 0.29) is 22.3 Å². The first kappa shape index (κ1) is 31.2. The Hall–Kier alpha value is -2.71. The van der Waals surface area contributed by atoms with E-state index in [0.717, 1.165) is 27.9 Å². The SMILES string of the molecule is CN(C)C/C=C/C(=O)Nc1ccc(S(=O)(=O)N2CCC[C@@H](Nc3ncc(SCc4ncc(C(C)(C)C)o4)s3)C2)cc1. The summed E-state index contributed by atoms with van der Waals surface area (Å²) in [5, 5.41) is 6.94. The molecule has 1 aromatic carbocycles. The van der Waals surface area contributed by atoms with Crippen LogP contribution in [-0.2, 0) is 26.0 Å². The quantitative estimate of drug-likeness (QED) is 0.225. The lowest BCUT2D eigenvalue weighted by molar-refractivity contribution is -0.111. The van der Waals surface area contributed by atoms with Crippen molar-refractivity contribution >= 4 is 49.8 Å². The molecule has 1 aliphatic heterocycles. The summed E-state index contributed by atoms with van der Waals surface area (Å²) in [5.74, 6) is 1.90. The Bertz CT molecular complexity index is 1440. The number of carbonyl (C=O) groups is 1. The van der Waals surface area contributed by atoms with E-state index in [1.54, 1.807) is 36.2 Å². The molecule has 41 heavy (non-hydrogen) atoms. The van der Waals surface area contributed by atoms with Gasteiger partial charge in [0, 0.05) is 42.9 Å². The maximum absolute atomic E-state index is 13.4. The van der Waals surface area contributed by atoms with Gasteiger partial charge in [-0.1, -0.05) is 38.2 Å². The molecule has 2 N–H and O–H groups in total. The van der Waals surface area contributed by atoms with Crippen LogP contribution in [0.1, 0.15) is 45.3 Å². The summed E-state index contributed by atoms with van der Waals surface area (Å²) in [6.07, 6.45) is 8.44. The molecule has 1 aliphatic rings. The fourth-order valence-electron chi connectivity index (χ4n) is 4.12. The lowest BCUT2D eigenvalue weighted by Crippen LogP contribution is -2.45. The molecule has 1 saturated heterocycles. The maximum Gasteiger partial charge on any atom is 0.248 e. The molecule has 0 saturated carbocycles. The second-order valence-corrected chi connectivity index (χ2v) is 15.4. The normalized spacial score (nSPS) is 16.9. The lowest BCUT2D eigenvalue weighted by atomic mass is 9.94. The van der Waals surface area contributed by atoms with Crippen LogP contribution in [0.5, 0.6) is 0 Å². The van der Waals surface area contributed by atoms with Crippen LogP contribution in [0.15, 0.2) is 62.3 Å². The minimum absolute atomic E-state index is 0.0453. The second kappa shape index (κ2) is 13.5. The number of nitrogens with zero attached hydrogens (tertiary/aromatic N) is 4. The predicted octanol–water partition coefficient (Wildman–Crippen LogP) is 5.04. The van der Waals surface area contributed by atoms with Crippen molar-refractivity contribution in [2.45, 2.75) is 59.9 Å². The van der Waals surface area contributed by atoms with Gasteiger partial charge in [-0.2, -0.15) is 4.31 Å². The standard InChI is InChI=1S/C28H38N6O4S3/c1-28(2,3)23-16-29-25(38-23)19-39-26-17-30-27(40-26)32-21-8-6-15-34(18-21)41(36,37)22-12-10-20(11-13-22)31-24(35)9-7-14-33(4)5/h7,9-13,16-17,21H,6,8,14-15,18-19H2,1-5H3,(H,30,32)(H,31,35)/b9-7+/t21-/m1/s1. The molecule has 2 aromatic heterocycles. The lowest BCUT2D eigenvalue weighted by Gasteiger charge is -2.32. The Balaban J connectivity index is 1.30. The van der Waals surface area contributed by atoms with Crippen LogP contribution in [-0.4, -0.2) is 73.3 Å². The molecule has 10 nitrogen and oxygen atoms in total. The van der Waals surface area contributed by atoms with Gasteiger partial charge in [0.2, 0.25) is 21.8 Å². The summed E-state index contributed by atoms with van der Waals surface area (Å²) in [7, 11) is 0.160. The van der Waals surface area contributed by atoms with Crippen LogP contribution in [0.4, 0.5) is 10.8 Å². The van der Waals surface area contributed by atoms with Crippen molar-refractivity contribution in [3.63, 3.8) is 0 Å². The highest BCUT2D eigenvalue weighted by atomic mass is 32.2. The summed E-state index contributed by atoms with van der Waals surface area (Å²) in [4.78, 5) is 23.1. The number of hydrogen-bond donors (Lipinski definition) is 2. The Morgan fingerprint density at radius 2 is 1.98 bits per heavy atom. The minimum Gasteiger partial charge on any atom is -0.444 e. The number of benzene rings is 1. The number of anilines is 2. The fourth-order valence-corrected chi connectivity index (χ4v) is 7.44. The number of likely N-dealkylation sites (N-methyl/N-ethyl adjacent to an activating group) is 1. The van der Waals surface area contributed by atoms with Crippen molar-refractivity contribution in [1.82, 2.24) is 19.2 Å². The number of carbonyl (C=O) groups excluding carboxylic acids is 1. The van der Waals surface area contributed by atoms with Gasteiger partial charge in [0.05, 0.1) is 27.3 Å². The average molecular weight is 619 g/mol. The number of piperidine rings is 1. The highest BCUT2D eigenvalue weighted by molar-refractivity contribution is 8.00. The Morgan fingerprint density at radius 3 is 2.66 bits per heavy atom. The van der Waals surface area contributed by atoms with Crippen LogP contribution in [0.2, 0.25) is 0 Å². The van der Waals surface area contributed by atoms with Crippen LogP contribution in [0, 0.1) is 0 Å². The maximum atomic E-state index is 13.4. The number of amides is 1. The number of nitrogens with one attached hydrogen (secondary N) is 2. The molecule has 1 atom stereocenters. The average Bonchev–Trinajstić information content (AvgIpc) is 3.57. The zero-order valence-corrected chi connectivity index (χ0v) is 26.5. The summed E-state index contributed by atoms with van der Waals surface area (Å²) in [6.45, 7) is 7.74. The zero-order valence-electron chi connectivity index (χ0n) is 24.1. The minimum atomic E-state index is -3.68. The van der Waals surface area contributed by atoms with E-state index in [0.29, 0.717) is 37.0 Å². The van der Waals surface area contributed by atoms with E-state index in [2.05, 4.69) is 41.4 Å². The van der Waals surface area contributed by atoms with Gasteiger partial charge in [-0.3, -0.25) is 4.79 Å². The number of thiazole rings is 1. The fraction of sp³-hybridized carbons (Fsp3) is 0.464. The number of hydrogen-bond acceptors (Lipinski definition) is 10. The van der Waals surface area contributed by atoms with Crippen molar-refractivity contribution in [2.75, 3.05) is 44.4 Å².